The van der Waals surface area contributed by atoms with Gasteiger partial charge in [0.25, 0.3) is 0 Å². The SMILES string of the molecule is CN(C)c1ccc(NC(=O)C(Cc2ccccc2)N2C(=O)C3CCC(C)(C2=O)C3(C)C)cc1. The molecule has 1 heterocycles. The average Bonchev–Trinajstić information content (AvgIpc) is 2.97. The van der Waals surface area contributed by atoms with Crippen molar-refractivity contribution in [3.05, 3.63) is 60.2 Å². The Morgan fingerprint density at radius 1 is 1.06 bits per heavy atom. The highest BCUT2D eigenvalue weighted by Gasteiger charge is 2.65. The lowest BCUT2D eigenvalue weighted by atomic mass is 9.62. The van der Waals surface area contributed by atoms with E-state index in [9.17, 15) is 14.4 Å². The number of rotatable bonds is 6. The summed E-state index contributed by atoms with van der Waals surface area (Å²) in [7, 11) is 3.90. The Balaban J connectivity index is 1.67. The molecule has 6 nitrogen and oxygen atoms in total. The molecule has 1 saturated heterocycles. The second-order valence-corrected chi connectivity index (χ2v) is 10.3. The summed E-state index contributed by atoms with van der Waals surface area (Å²) in [5.74, 6) is -1.06. The number of fused-ring (bicyclic) bond motifs is 2. The van der Waals surface area contributed by atoms with Crippen LogP contribution in [0, 0.1) is 16.7 Å². The third-order valence-corrected chi connectivity index (χ3v) is 7.99. The zero-order valence-corrected chi connectivity index (χ0v) is 20.1. The quantitative estimate of drug-likeness (QED) is 0.677. The largest absolute Gasteiger partial charge is 0.378 e. The molecule has 2 fully saturated rings. The summed E-state index contributed by atoms with van der Waals surface area (Å²) in [4.78, 5) is 44.2. The van der Waals surface area contributed by atoms with Crippen molar-refractivity contribution in [3.63, 3.8) is 0 Å². The fourth-order valence-corrected chi connectivity index (χ4v) is 5.35. The van der Waals surface area contributed by atoms with Crippen molar-refractivity contribution < 1.29 is 14.4 Å². The third-order valence-electron chi connectivity index (χ3n) is 7.99. The molecule has 2 aliphatic rings. The van der Waals surface area contributed by atoms with Gasteiger partial charge in [-0.1, -0.05) is 51.1 Å². The minimum Gasteiger partial charge on any atom is -0.378 e. The summed E-state index contributed by atoms with van der Waals surface area (Å²) >= 11 is 0. The van der Waals surface area contributed by atoms with Crippen LogP contribution in [0.2, 0.25) is 0 Å². The van der Waals surface area contributed by atoms with Gasteiger partial charge in [0.05, 0.1) is 5.41 Å². The van der Waals surface area contributed by atoms with Crippen molar-refractivity contribution in [2.24, 2.45) is 16.7 Å². The first kappa shape index (κ1) is 23.0. The second kappa shape index (κ2) is 8.32. The molecule has 2 aromatic carbocycles. The number of amides is 3. The molecule has 174 valence electrons. The van der Waals surface area contributed by atoms with Crippen molar-refractivity contribution in [2.45, 2.75) is 46.1 Å². The lowest BCUT2D eigenvalue weighted by Crippen LogP contribution is -2.64. The molecule has 2 aromatic rings. The van der Waals surface area contributed by atoms with Crippen LogP contribution in [-0.4, -0.2) is 42.8 Å². The molecule has 1 aliphatic carbocycles. The van der Waals surface area contributed by atoms with Crippen LogP contribution >= 0.6 is 0 Å². The number of nitrogens with zero attached hydrogens (tertiary/aromatic N) is 2. The van der Waals surface area contributed by atoms with Gasteiger partial charge in [-0.05, 0) is 48.1 Å². The Labute approximate surface area is 196 Å². The maximum absolute atomic E-state index is 13.8. The first-order valence-electron chi connectivity index (χ1n) is 11.6. The Kier molecular flexibility index (Phi) is 5.81. The van der Waals surface area contributed by atoms with Crippen molar-refractivity contribution >= 4 is 29.1 Å². The molecule has 1 saturated carbocycles. The monoisotopic (exact) mass is 447 g/mol. The van der Waals surface area contributed by atoms with E-state index >= 15 is 0 Å². The van der Waals surface area contributed by atoms with E-state index in [1.807, 2.05) is 94.4 Å². The number of benzene rings is 2. The molecule has 6 heteroatoms. The van der Waals surface area contributed by atoms with Crippen molar-refractivity contribution in [3.8, 4) is 0 Å². The van der Waals surface area contributed by atoms with Gasteiger partial charge in [-0.15, -0.1) is 0 Å². The van der Waals surface area contributed by atoms with Crippen LogP contribution in [0.5, 0.6) is 0 Å². The lowest BCUT2D eigenvalue weighted by Gasteiger charge is -2.49. The molecule has 4 rings (SSSR count). The van der Waals surface area contributed by atoms with E-state index in [1.54, 1.807) is 0 Å². The number of piperidine rings is 1. The molecule has 3 atom stereocenters. The predicted molar refractivity (Wildman–Crippen MR) is 130 cm³/mol. The van der Waals surface area contributed by atoms with Gasteiger partial charge >= 0.3 is 0 Å². The van der Waals surface area contributed by atoms with Crippen molar-refractivity contribution in [2.75, 3.05) is 24.3 Å². The van der Waals surface area contributed by atoms with Crippen LogP contribution in [0.15, 0.2) is 54.6 Å². The minimum atomic E-state index is -0.906. The normalized spacial score (nSPS) is 24.5. The van der Waals surface area contributed by atoms with Gasteiger partial charge < -0.3 is 10.2 Å². The summed E-state index contributed by atoms with van der Waals surface area (Å²) in [5.41, 5.74) is 1.47. The third kappa shape index (κ3) is 3.81. The van der Waals surface area contributed by atoms with Crippen LogP contribution in [0.1, 0.15) is 39.2 Å². The standard InChI is InChI=1S/C27H33N3O3/c1-26(2)21-15-16-27(26,3)25(33)30(24(21)32)22(17-18-9-7-6-8-10-18)23(31)28-19-11-13-20(14-12-19)29(4)5/h6-14,21-22H,15-17H2,1-5H3,(H,28,31). The molecule has 1 aliphatic heterocycles. The fourth-order valence-electron chi connectivity index (χ4n) is 5.35. The maximum atomic E-state index is 13.8. The Morgan fingerprint density at radius 2 is 1.70 bits per heavy atom. The van der Waals surface area contributed by atoms with Gasteiger partial charge in [-0.25, -0.2) is 0 Å². The number of carbonyl (C=O) groups is 3. The Hall–Kier alpha value is -3.15. The average molecular weight is 448 g/mol. The van der Waals surface area contributed by atoms with Crippen molar-refractivity contribution in [1.29, 1.82) is 0 Å². The molecule has 0 spiro atoms. The summed E-state index contributed by atoms with van der Waals surface area (Å²) < 4.78 is 0. The van der Waals surface area contributed by atoms with Crippen LogP contribution in [0.4, 0.5) is 11.4 Å². The van der Waals surface area contributed by atoms with Crippen LogP contribution in [0.25, 0.3) is 0 Å². The number of carbonyl (C=O) groups excluding carboxylic acids is 3. The fraction of sp³-hybridized carbons (Fsp3) is 0.444. The highest BCUT2D eigenvalue weighted by molar-refractivity contribution is 6.09. The summed E-state index contributed by atoms with van der Waals surface area (Å²) in [6, 6.07) is 16.2. The van der Waals surface area contributed by atoms with E-state index in [0.29, 0.717) is 18.5 Å². The maximum Gasteiger partial charge on any atom is 0.248 e. The summed E-state index contributed by atoms with van der Waals surface area (Å²) in [6.45, 7) is 5.97. The number of likely N-dealkylation sites (tertiary alicyclic amines) is 1. The number of anilines is 2. The summed E-state index contributed by atoms with van der Waals surface area (Å²) in [5, 5.41) is 2.95. The molecule has 0 radical (unpaired) electrons. The molecule has 1 N–H and O–H groups in total. The van der Waals surface area contributed by atoms with E-state index < -0.39 is 16.9 Å². The smallest absolute Gasteiger partial charge is 0.248 e. The molecule has 2 bridgehead atoms. The zero-order chi connectivity index (χ0) is 24.0. The number of hydrogen-bond acceptors (Lipinski definition) is 4. The first-order chi connectivity index (χ1) is 15.6. The van der Waals surface area contributed by atoms with Gasteiger partial charge in [-0.3, -0.25) is 19.3 Å². The van der Waals surface area contributed by atoms with E-state index in [4.69, 9.17) is 0 Å². The number of imide groups is 1. The number of hydrogen-bond donors (Lipinski definition) is 1. The van der Waals surface area contributed by atoms with Crippen molar-refractivity contribution in [1.82, 2.24) is 4.90 Å². The Bertz CT molecular complexity index is 1060. The highest BCUT2D eigenvalue weighted by Crippen LogP contribution is 2.60. The molecular weight excluding hydrogens is 414 g/mol. The van der Waals surface area contributed by atoms with E-state index in [-0.39, 0.29) is 30.1 Å². The second-order valence-electron chi connectivity index (χ2n) is 10.3. The number of nitrogens with one attached hydrogen (secondary N) is 1. The molecule has 3 amide bonds. The molecule has 0 aromatic heterocycles. The van der Waals surface area contributed by atoms with Crippen LogP contribution < -0.4 is 10.2 Å². The van der Waals surface area contributed by atoms with Gasteiger partial charge in [0.15, 0.2) is 0 Å². The van der Waals surface area contributed by atoms with Crippen LogP contribution in [-0.2, 0) is 20.8 Å². The van der Waals surface area contributed by atoms with E-state index in [2.05, 4.69) is 5.32 Å². The van der Waals surface area contributed by atoms with E-state index in [0.717, 1.165) is 11.3 Å². The molecule has 3 unspecified atom stereocenters. The van der Waals surface area contributed by atoms with Crippen LogP contribution in [0.3, 0.4) is 0 Å². The van der Waals surface area contributed by atoms with E-state index in [1.165, 1.54) is 4.90 Å². The minimum absolute atomic E-state index is 0.223. The Morgan fingerprint density at radius 3 is 2.30 bits per heavy atom. The highest BCUT2D eigenvalue weighted by atomic mass is 16.2. The van der Waals surface area contributed by atoms with Gasteiger partial charge in [0, 0.05) is 37.8 Å². The van der Waals surface area contributed by atoms with Gasteiger partial charge in [-0.2, -0.15) is 0 Å². The zero-order valence-electron chi connectivity index (χ0n) is 20.1. The van der Waals surface area contributed by atoms with Gasteiger partial charge in [0.1, 0.15) is 6.04 Å². The summed E-state index contributed by atoms with van der Waals surface area (Å²) in [6.07, 6.45) is 1.62. The van der Waals surface area contributed by atoms with Gasteiger partial charge in [0.2, 0.25) is 17.7 Å². The lowest BCUT2D eigenvalue weighted by molar-refractivity contribution is -0.172. The first-order valence-corrected chi connectivity index (χ1v) is 11.6. The predicted octanol–water partition coefficient (Wildman–Crippen LogP) is 4.11. The molecular formula is C27H33N3O3. The topological polar surface area (TPSA) is 69.7 Å². The molecule has 33 heavy (non-hydrogen) atoms.